The third kappa shape index (κ3) is 2.85. The molecule has 1 aromatic heterocycles. The molecule has 1 aliphatic carbocycles. The summed E-state index contributed by atoms with van der Waals surface area (Å²) in [7, 11) is 0. The van der Waals surface area contributed by atoms with Crippen molar-refractivity contribution in [2.45, 2.75) is 39.2 Å². The molecule has 0 spiro atoms. The lowest BCUT2D eigenvalue weighted by molar-refractivity contribution is -0.385. The number of aryl methyl sites for hydroxylation is 1. The van der Waals surface area contributed by atoms with Gasteiger partial charge in [-0.2, -0.15) is 4.98 Å². The molecule has 7 nitrogen and oxygen atoms in total. The summed E-state index contributed by atoms with van der Waals surface area (Å²) >= 11 is 0. The summed E-state index contributed by atoms with van der Waals surface area (Å²) in [4.78, 5) is 18.3. The molecule has 2 rings (SSSR count). The van der Waals surface area contributed by atoms with Crippen molar-refractivity contribution in [3.05, 3.63) is 15.8 Å². The van der Waals surface area contributed by atoms with Crippen LogP contribution in [0.3, 0.4) is 0 Å². The minimum atomic E-state index is -0.471. The molecule has 1 aromatic rings. The molecule has 1 unspecified atom stereocenters. The third-order valence-electron chi connectivity index (χ3n) is 3.03. The van der Waals surface area contributed by atoms with Gasteiger partial charge in [-0.3, -0.25) is 10.1 Å². The monoisotopic (exact) mass is 251 g/mol. The van der Waals surface area contributed by atoms with Gasteiger partial charge in [0.15, 0.2) is 0 Å². The molecular formula is C11H17N5O2. The standard InChI is InChI=1S/C11H17N5O2/c1-6(5-8-3-4-8)13-10-9(16(17)18)7(2)14-11(12)15-10/h6,8H,3-5H2,1-2H3,(H3,12,13,14,15). The maximum atomic E-state index is 11.0. The van der Waals surface area contributed by atoms with Gasteiger partial charge in [-0.05, 0) is 26.2 Å². The van der Waals surface area contributed by atoms with Gasteiger partial charge in [0.2, 0.25) is 11.8 Å². The normalized spacial score (nSPS) is 16.3. The fraction of sp³-hybridized carbons (Fsp3) is 0.636. The Morgan fingerprint density at radius 1 is 1.56 bits per heavy atom. The smallest absolute Gasteiger partial charge is 0.332 e. The van der Waals surface area contributed by atoms with E-state index in [4.69, 9.17) is 5.73 Å². The van der Waals surface area contributed by atoms with Crippen LogP contribution in [0.15, 0.2) is 0 Å². The average molecular weight is 251 g/mol. The summed E-state index contributed by atoms with van der Waals surface area (Å²) in [6.07, 6.45) is 3.50. The molecule has 1 fully saturated rings. The van der Waals surface area contributed by atoms with Gasteiger partial charge >= 0.3 is 5.69 Å². The predicted molar refractivity (Wildman–Crippen MR) is 68.3 cm³/mol. The van der Waals surface area contributed by atoms with Crippen LogP contribution < -0.4 is 11.1 Å². The van der Waals surface area contributed by atoms with E-state index >= 15 is 0 Å². The second-order valence-corrected chi connectivity index (χ2v) is 4.85. The number of hydrogen-bond acceptors (Lipinski definition) is 6. The lowest BCUT2D eigenvalue weighted by Gasteiger charge is -2.14. The second kappa shape index (κ2) is 4.75. The van der Waals surface area contributed by atoms with Crippen molar-refractivity contribution in [3.8, 4) is 0 Å². The minimum Gasteiger partial charge on any atom is -0.368 e. The van der Waals surface area contributed by atoms with Crippen LogP contribution in [0.25, 0.3) is 0 Å². The Morgan fingerprint density at radius 2 is 2.22 bits per heavy atom. The van der Waals surface area contributed by atoms with Crippen LogP contribution in [0, 0.1) is 23.0 Å². The van der Waals surface area contributed by atoms with Gasteiger partial charge in [-0.15, -0.1) is 0 Å². The van der Waals surface area contributed by atoms with Crippen molar-refractivity contribution in [1.82, 2.24) is 9.97 Å². The quantitative estimate of drug-likeness (QED) is 0.611. The zero-order chi connectivity index (χ0) is 13.3. The fourth-order valence-corrected chi connectivity index (χ4v) is 2.05. The first kappa shape index (κ1) is 12.5. The molecule has 0 saturated heterocycles. The molecule has 1 aliphatic rings. The first-order valence-electron chi connectivity index (χ1n) is 6.02. The zero-order valence-electron chi connectivity index (χ0n) is 10.5. The molecule has 98 valence electrons. The first-order valence-corrected chi connectivity index (χ1v) is 6.02. The minimum absolute atomic E-state index is 0.0548. The van der Waals surface area contributed by atoms with Crippen LogP contribution in [0.4, 0.5) is 17.5 Å². The molecule has 1 heterocycles. The molecule has 3 N–H and O–H groups in total. The van der Waals surface area contributed by atoms with Crippen LogP contribution in [0.1, 0.15) is 31.9 Å². The van der Waals surface area contributed by atoms with Crippen LogP contribution in [0.5, 0.6) is 0 Å². The summed E-state index contributed by atoms with van der Waals surface area (Å²) in [6, 6.07) is 0.143. The number of rotatable bonds is 5. The van der Waals surface area contributed by atoms with Gasteiger partial charge < -0.3 is 11.1 Å². The highest BCUT2D eigenvalue weighted by Gasteiger charge is 2.26. The number of nitrogens with one attached hydrogen (secondary N) is 1. The lowest BCUT2D eigenvalue weighted by Crippen LogP contribution is -2.19. The summed E-state index contributed by atoms with van der Waals surface area (Å²) in [5, 5.41) is 14.1. The molecule has 0 aliphatic heterocycles. The van der Waals surface area contributed by atoms with E-state index in [0.717, 1.165) is 12.3 Å². The first-order chi connectivity index (χ1) is 8.47. The number of nitrogens with two attached hydrogens (primary N) is 1. The van der Waals surface area contributed by atoms with Gasteiger partial charge in [0.25, 0.3) is 0 Å². The Labute approximate surface area is 105 Å². The number of anilines is 2. The average Bonchev–Trinajstić information content (AvgIpc) is 2.98. The predicted octanol–water partition coefficient (Wildman–Crippen LogP) is 1.88. The summed E-state index contributed by atoms with van der Waals surface area (Å²) < 4.78 is 0. The number of hydrogen-bond donors (Lipinski definition) is 2. The van der Waals surface area contributed by atoms with E-state index in [2.05, 4.69) is 15.3 Å². The Kier molecular flexibility index (Phi) is 3.31. The van der Waals surface area contributed by atoms with Gasteiger partial charge in [0.1, 0.15) is 5.69 Å². The summed E-state index contributed by atoms with van der Waals surface area (Å²) in [5.74, 6) is 1.02. The highest BCUT2D eigenvalue weighted by Crippen LogP contribution is 2.35. The zero-order valence-corrected chi connectivity index (χ0v) is 10.5. The topological polar surface area (TPSA) is 107 Å². The highest BCUT2D eigenvalue weighted by atomic mass is 16.6. The SMILES string of the molecule is Cc1nc(N)nc(NC(C)CC2CC2)c1[N+](=O)[O-]. The van der Waals surface area contributed by atoms with E-state index in [0.29, 0.717) is 0 Å². The van der Waals surface area contributed by atoms with E-state index in [1.807, 2.05) is 6.92 Å². The van der Waals surface area contributed by atoms with Gasteiger partial charge in [-0.25, -0.2) is 4.98 Å². The van der Waals surface area contributed by atoms with Crippen LogP contribution in [-0.4, -0.2) is 20.9 Å². The molecule has 7 heteroatoms. The van der Waals surface area contributed by atoms with E-state index < -0.39 is 4.92 Å². The molecule has 1 atom stereocenters. The molecule has 0 bridgehead atoms. The number of aromatic nitrogens is 2. The molecule has 18 heavy (non-hydrogen) atoms. The van der Waals surface area contributed by atoms with E-state index in [1.54, 1.807) is 6.92 Å². The molecule has 0 amide bonds. The third-order valence-corrected chi connectivity index (χ3v) is 3.03. The Hall–Kier alpha value is -1.92. The number of nitrogens with zero attached hydrogens (tertiary/aromatic N) is 3. The summed E-state index contributed by atoms with van der Waals surface area (Å²) in [5.41, 5.74) is 5.73. The molecule has 0 radical (unpaired) electrons. The van der Waals surface area contributed by atoms with Crippen molar-refractivity contribution in [1.29, 1.82) is 0 Å². The lowest BCUT2D eigenvalue weighted by atomic mass is 10.1. The van der Waals surface area contributed by atoms with Gasteiger partial charge in [-0.1, -0.05) is 12.8 Å². The molecular weight excluding hydrogens is 234 g/mol. The van der Waals surface area contributed by atoms with Crippen molar-refractivity contribution >= 4 is 17.5 Å². The van der Waals surface area contributed by atoms with E-state index in [-0.39, 0.29) is 29.2 Å². The van der Waals surface area contributed by atoms with Crippen LogP contribution in [0.2, 0.25) is 0 Å². The van der Waals surface area contributed by atoms with E-state index in [9.17, 15) is 10.1 Å². The van der Waals surface area contributed by atoms with Crippen molar-refractivity contribution in [2.24, 2.45) is 5.92 Å². The molecule has 1 saturated carbocycles. The second-order valence-electron chi connectivity index (χ2n) is 4.85. The number of nitrogen functional groups attached to an aromatic ring is 1. The Morgan fingerprint density at radius 3 is 2.78 bits per heavy atom. The van der Waals surface area contributed by atoms with Gasteiger partial charge in [0.05, 0.1) is 4.92 Å². The Balaban J connectivity index is 2.21. The fourth-order valence-electron chi connectivity index (χ4n) is 2.05. The highest BCUT2D eigenvalue weighted by molar-refractivity contribution is 5.60. The maximum Gasteiger partial charge on any atom is 0.332 e. The van der Waals surface area contributed by atoms with Crippen molar-refractivity contribution in [2.75, 3.05) is 11.1 Å². The number of nitro groups is 1. The Bertz CT molecular complexity index is 473. The van der Waals surface area contributed by atoms with Crippen molar-refractivity contribution < 1.29 is 4.92 Å². The van der Waals surface area contributed by atoms with Crippen LogP contribution >= 0.6 is 0 Å². The maximum absolute atomic E-state index is 11.0. The largest absolute Gasteiger partial charge is 0.368 e. The van der Waals surface area contributed by atoms with Crippen molar-refractivity contribution in [3.63, 3.8) is 0 Å². The van der Waals surface area contributed by atoms with Crippen LogP contribution in [-0.2, 0) is 0 Å². The van der Waals surface area contributed by atoms with Gasteiger partial charge in [0, 0.05) is 6.04 Å². The molecule has 0 aromatic carbocycles. The summed E-state index contributed by atoms with van der Waals surface area (Å²) in [6.45, 7) is 3.56. The van der Waals surface area contributed by atoms with E-state index in [1.165, 1.54) is 12.8 Å².